The zero-order valence-electron chi connectivity index (χ0n) is 21.9. The Morgan fingerprint density at radius 1 is 0.810 bits per heavy atom. The molecule has 4 aromatic heterocycles. The average Bonchev–Trinajstić information content (AvgIpc) is 3.72. The molecule has 0 spiro atoms. The summed E-state index contributed by atoms with van der Waals surface area (Å²) in [4.78, 5) is 7.05. The van der Waals surface area contributed by atoms with Gasteiger partial charge in [-0.15, -0.1) is 24.3 Å². The number of hydrogen-bond acceptors (Lipinski definition) is 3. The number of benzene rings is 2. The van der Waals surface area contributed by atoms with Crippen LogP contribution in [0.1, 0.15) is 5.82 Å². The largest absolute Gasteiger partial charge is 0.429 e. The summed E-state index contributed by atoms with van der Waals surface area (Å²) < 4.78 is 68.6. The molecule has 14 heteroatoms. The van der Waals surface area contributed by atoms with E-state index in [0.29, 0.717) is 0 Å². The zero-order valence-corrected chi connectivity index (χ0v) is 24.3. The van der Waals surface area contributed by atoms with Gasteiger partial charge in [-0.2, -0.15) is 37.4 Å². The molecular weight excluding hydrogens is 736 g/mol. The summed E-state index contributed by atoms with van der Waals surface area (Å²) in [6.45, 7) is 0. The number of pyridine rings is 1. The van der Waals surface area contributed by atoms with E-state index in [1.165, 1.54) is 36.5 Å². The Kier molecular flexibility index (Phi) is 10.9. The SMILES string of the molecule is C[n+]1[c-]n(-c2[c-]cc(F)cc2)cc1.C[n+]1[c-]n(-c2[c-]cc(F)cc2)cc1.FC(F)(F)c1n[n-]c(-c2ccccn2)n1.[Ir]. The van der Waals surface area contributed by atoms with Crippen molar-refractivity contribution < 1.29 is 51.2 Å². The second kappa shape index (κ2) is 14.4. The molecule has 2 aromatic carbocycles. The van der Waals surface area contributed by atoms with Crippen molar-refractivity contribution in [2.24, 2.45) is 14.1 Å². The van der Waals surface area contributed by atoms with Crippen LogP contribution >= 0.6 is 0 Å². The smallest absolute Gasteiger partial charge is 0.413 e. The molecule has 1 radical (unpaired) electrons. The molecule has 0 saturated heterocycles. The van der Waals surface area contributed by atoms with Crippen LogP contribution in [0.2, 0.25) is 0 Å². The van der Waals surface area contributed by atoms with Gasteiger partial charge < -0.3 is 28.4 Å². The summed E-state index contributed by atoms with van der Waals surface area (Å²) in [5.41, 5.74) is 1.82. The van der Waals surface area contributed by atoms with Crippen LogP contribution in [-0.4, -0.2) is 24.2 Å². The summed E-state index contributed by atoms with van der Waals surface area (Å²) in [5, 5.41) is 6.25. The molecule has 4 heterocycles. The number of alkyl halides is 3. The Morgan fingerprint density at radius 2 is 1.36 bits per heavy atom. The van der Waals surface area contributed by atoms with Crippen molar-refractivity contribution in [3.05, 3.63) is 128 Å². The zero-order chi connectivity index (χ0) is 29.4. The minimum absolute atomic E-state index is 0. The van der Waals surface area contributed by atoms with Gasteiger partial charge in [0.05, 0.1) is 19.8 Å². The fourth-order valence-electron chi connectivity index (χ4n) is 3.13. The van der Waals surface area contributed by atoms with Gasteiger partial charge in [0, 0.05) is 62.7 Å². The molecule has 219 valence electrons. The third-order valence-corrected chi connectivity index (χ3v) is 5.04. The summed E-state index contributed by atoms with van der Waals surface area (Å²) in [6.07, 6.45) is 10.2. The molecule has 6 rings (SSSR count). The number of aryl methyl sites for hydroxylation is 2. The first-order valence-electron chi connectivity index (χ1n) is 11.7. The Balaban J connectivity index is 0.000000171. The van der Waals surface area contributed by atoms with E-state index >= 15 is 0 Å². The molecule has 0 bridgehead atoms. The monoisotopic (exact) mass is 756 g/mol. The fraction of sp³-hybridized carbons (Fsp3) is 0.107. The van der Waals surface area contributed by atoms with E-state index in [1.54, 1.807) is 42.5 Å². The summed E-state index contributed by atoms with van der Waals surface area (Å²) >= 11 is 0. The van der Waals surface area contributed by atoms with Crippen molar-refractivity contribution in [1.29, 1.82) is 0 Å². The van der Waals surface area contributed by atoms with Gasteiger partial charge in [-0.25, -0.2) is 0 Å². The van der Waals surface area contributed by atoms with Gasteiger partial charge in [-0.05, 0) is 18.0 Å². The first-order chi connectivity index (χ1) is 19.6. The molecule has 8 nitrogen and oxygen atoms in total. The third-order valence-electron chi connectivity index (χ3n) is 5.04. The van der Waals surface area contributed by atoms with Crippen LogP contribution in [0.4, 0.5) is 22.0 Å². The Labute approximate surface area is 251 Å². The van der Waals surface area contributed by atoms with Crippen LogP contribution in [0.25, 0.3) is 22.9 Å². The van der Waals surface area contributed by atoms with Crippen LogP contribution in [0.15, 0.2) is 85.6 Å². The van der Waals surface area contributed by atoms with Gasteiger partial charge in [0.15, 0.2) is 0 Å². The van der Waals surface area contributed by atoms with Crippen molar-refractivity contribution in [2.75, 3.05) is 0 Å². The number of halogens is 5. The molecule has 0 aliphatic heterocycles. The summed E-state index contributed by atoms with van der Waals surface area (Å²) in [7, 11) is 3.75. The topological polar surface area (TPSA) is 70.4 Å². The molecule has 42 heavy (non-hydrogen) atoms. The van der Waals surface area contributed by atoms with E-state index in [4.69, 9.17) is 0 Å². The van der Waals surface area contributed by atoms with Crippen molar-refractivity contribution in [1.82, 2.24) is 29.3 Å². The van der Waals surface area contributed by atoms with E-state index in [-0.39, 0.29) is 43.3 Å². The van der Waals surface area contributed by atoms with Crippen molar-refractivity contribution in [3.63, 3.8) is 0 Å². The van der Waals surface area contributed by atoms with Gasteiger partial charge in [-0.1, -0.05) is 17.4 Å². The average molecular weight is 756 g/mol. The van der Waals surface area contributed by atoms with Crippen molar-refractivity contribution >= 4 is 0 Å². The number of hydrogen-bond donors (Lipinski definition) is 0. The maximum Gasteiger partial charge on any atom is 0.429 e. The van der Waals surface area contributed by atoms with Crippen LogP contribution in [0, 0.1) is 36.4 Å². The van der Waals surface area contributed by atoms with E-state index in [2.05, 4.69) is 45.0 Å². The molecule has 0 aliphatic carbocycles. The van der Waals surface area contributed by atoms with E-state index in [0.717, 1.165) is 11.4 Å². The third kappa shape index (κ3) is 8.98. The molecule has 0 fully saturated rings. The van der Waals surface area contributed by atoms with Gasteiger partial charge in [0.25, 0.3) is 0 Å². The molecule has 0 saturated carbocycles. The molecule has 0 aliphatic rings. The van der Waals surface area contributed by atoms with Gasteiger partial charge in [-0.3, -0.25) is 18.9 Å². The van der Waals surface area contributed by atoms with Crippen LogP contribution in [0.5, 0.6) is 0 Å². The van der Waals surface area contributed by atoms with Gasteiger partial charge in [0.2, 0.25) is 12.7 Å². The van der Waals surface area contributed by atoms with Crippen molar-refractivity contribution in [2.45, 2.75) is 6.18 Å². The first kappa shape index (κ1) is 32.0. The van der Waals surface area contributed by atoms with Gasteiger partial charge >= 0.3 is 6.18 Å². The minimum atomic E-state index is -4.57. The molecular formula is C28H20F5IrN8-3. The second-order valence-electron chi connectivity index (χ2n) is 8.21. The summed E-state index contributed by atoms with van der Waals surface area (Å²) in [6, 6.07) is 19.1. The molecule has 6 aromatic rings. The van der Waals surface area contributed by atoms with E-state index in [1.807, 2.05) is 38.9 Å². The molecule has 0 unspecified atom stereocenters. The first-order valence-corrected chi connectivity index (χ1v) is 11.7. The quantitative estimate of drug-likeness (QED) is 0.158. The number of aromatic nitrogens is 8. The Bertz CT molecular complexity index is 1580. The maximum atomic E-state index is 12.6. The Morgan fingerprint density at radius 3 is 1.71 bits per heavy atom. The van der Waals surface area contributed by atoms with Crippen LogP contribution < -0.4 is 14.2 Å². The summed E-state index contributed by atoms with van der Waals surface area (Å²) in [5.74, 6) is -1.92. The van der Waals surface area contributed by atoms with E-state index in [9.17, 15) is 22.0 Å². The van der Waals surface area contributed by atoms with Crippen LogP contribution in [0.3, 0.4) is 0 Å². The number of rotatable bonds is 3. The maximum absolute atomic E-state index is 12.6. The fourth-order valence-corrected chi connectivity index (χ4v) is 3.13. The molecule has 0 atom stereocenters. The Hall–Kier alpha value is -4.55. The second-order valence-corrected chi connectivity index (χ2v) is 8.21. The number of nitrogens with zero attached hydrogens (tertiary/aromatic N) is 8. The standard InChI is InChI=1S/2C10H8FN2.C8H4F3N4.Ir/c2*1-12-6-7-13(8-12)10-4-2-9(11)3-5-10;9-8(10,11)7-13-6(14-15-7)5-3-1-2-4-12-5;/h2*2-4,6-7H,1H3;1-4H;/q3*-1;. The molecule has 0 amide bonds. The van der Waals surface area contributed by atoms with Gasteiger partial charge in [0.1, 0.15) is 5.82 Å². The van der Waals surface area contributed by atoms with Crippen LogP contribution in [-0.2, 0) is 40.4 Å². The normalized spacial score (nSPS) is 10.5. The predicted molar refractivity (Wildman–Crippen MR) is 133 cm³/mol. The van der Waals surface area contributed by atoms with Crippen molar-refractivity contribution in [3.8, 4) is 22.9 Å². The number of imidazole rings is 2. The minimum Gasteiger partial charge on any atom is -0.413 e. The molecule has 0 N–H and O–H groups in total. The van der Waals surface area contributed by atoms with E-state index < -0.39 is 12.0 Å². The predicted octanol–water partition coefficient (Wildman–Crippen LogP) is 3.59.